The first-order valence-corrected chi connectivity index (χ1v) is 10.8. The number of ether oxygens (including phenoxy) is 3. The molecule has 1 unspecified atom stereocenters. The Balaban J connectivity index is 1.74. The lowest BCUT2D eigenvalue weighted by atomic mass is 10.1. The van der Waals surface area contributed by atoms with Crippen LogP contribution in [0.5, 0.6) is 11.5 Å². The monoisotopic (exact) mass is 437 g/mol. The van der Waals surface area contributed by atoms with Crippen molar-refractivity contribution in [1.82, 2.24) is 14.9 Å². The predicted octanol–water partition coefficient (Wildman–Crippen LogP) is 3.49. The highest BCUT2D eigenvalue weighted by Gasteiger charge is 2.17. The average Bonchev–Trinajstić information content (AvgIpc) is 3.31. The van der Waals surface area contributed by atoms with Gasteiger partial charge in [-0.15, -0.1) is 0 Å². The molecule has 32 heavy (non-hydrogen) atoms. The molecule has 0 radical (unpaired) electrons. The predicted molar refractivity (Wildman–Crippen MR) is 128 cm³/mol. The second kappa shape index (κ2) is 10.0. The fraction of sp³-hybridized carbons (Fsp3) is 0.417. The first kappa shape index (κ1) is 22.1. The van der Waals surface area contributed by atoms with Crippen LogP contribution in [0.2, 0.25) is 0 Å². The zero-order chi connectivity index (χ0) is 22.5. The van der Waals surface area contributed by atoms with Crippen molar-refractivity contribution in [3.05, 3.63) is 36.5 Å². The van der Waals surface area contributed by atoms with Gasteiger partial charge in [0.15, 0.2) is 0 Å². The molecule has 1 aliphatic rings. The lowest BCUT2D eigenvalue weighted by Gasteiger charge is -2.16. The number of likely N-dealkylation sites (N-methyl/N-ethyl adjacent to an activating group) is 1. The Morgan fingerprint density at radius 3 is 2.53 bits per heavy atom. The summed E-state index contributed by atoms with van der Waals surface area (Å²) in [6.07, 6.45) is 2.88. The van der Waals surface area contributed by atoms with Crippen molar-refractivity contribution in [2.24, 2.45) is 0 Å². The zero-order valence-corrected chi connectivity index (χ0v) is 19.1. The van der Waals surface area contributed by atoms with Crippen molar-refractivity contribution in [3.8, 4) is 22.8 Å². The summed E-state index contributed by atoms with van der Waals surface area (Å²) in [5.74, 6) is 3.11. The van der Waals surface area contributed by atoms with Crippen LogP contribution in [0.3, 0.4) is 0 Å². The quantitative estimate of drug-likeness (QED) is 0.527. The van der Waals surface area contributed by atoms with Crippen molar-refractivity contribution in [2.45, 2.75) is 12.5 Å². The highest BCUT2D eigenvalue weighted by atomic mass is 16.5. The van der Waals surface area contributed by atoms with Crippen molar-refractivity contribution in [1.29, 1.82) is 0 Å². The molecule has 3 aromatic rings. The van der Waals surface area contributed by atoms with Gasteiger partial charge < -0.3 is 29.7 Å². The maximum absolute atomic E-state index is 5.48. The molecule has 1 aromatic carbocycles. The number of hydrogen-bond donors (Lipinski definition) is 2. The van der Waals surface area contributed by atoms with E-state index in [1.54, 1.807) is 14.2 Å². The second-order valence-electron chi connectivity index (χ2n) is 8.18. The van der Waals surface area contributed by atoms with Gasteiger partial charge in [-0.25, -0.2) is 9.97 Å². The summed E-state index contributed by atoms with van der Waals surface area (Å²) in [4.78, 5) is 11.8. The summed E-state index contributed by atoms with van der Waals surface area (Å²) < 4.78 is 16.4. The van der Waals surface area contributed by atoms with Gasteiger partial charge in [-0.05, 0) is 44.8 Å². The molecule has 4 rings (SSSR count). The molecule has 2 N–H and O–H groups in total. The standard InChI is InChI=1S/C24H31N5O3/c1-29(2)7-6-25-24-21-13-23(27-18-5-8-32-15-18)26-14-17(21)11-22(28-24)16-9-19(30-3)12-20(10-16)31-4/h9-14,18H,5-8,15H2,1-4H3,(H,25,28)(H,26,27). The lowest BCUT2D eigenvalue weighted by molar-refractivity contribution is 0.195. The number of rotatable bonds is 9. The molecule has 8 heteroatoms. The number of nitrogens with one attached hydrogen (secondary N) is 2. The molecule has 8 nitrogen and oxygen atoms in total. The summed E-state index contributed by atoms with van der Waals surface area (Å²) in [6, 6.07) is 10.2. The van der Waals surface area contributed by atoms with E-state index in [0.717, 1.165) is 71.3 Å². The number of aromatic nitrogens is 2. The highest BCUT2D eigenvalue weighted by Crippen LogP contribution is 2.33. The third-order valence-electron chi connectivity index (χ3n) is 5.49. The van der Waals surface area contributed by atoms with Gasteiger partial charge in [-0.3, -0.25) is 0 Å². The van der Waals surface area contributed by atoms with E-state index in [2.05, 4.69) is 46.7 Å². The summed E-state index contributed by atoms with van der Waals surface area (Å²) in [5, 5.41) is 9.03. The smallest absolute Gasteiger partial charge is 0.134 e. The lowest BCUT2D eigenvalue weighted by Crippen LogP contribution is -2.21. The number of benzene rings is 1. The minimum atomic E-state index is 0.293. The van der Waals surface area contributed by atoms with Crippen LogP contribution in [0.15, 0.2) is 36.5 Å². The molecule has 0 amide bonds. The Morgan fingerprint density at radius 2 is 1.88 bits per heavy atom. The Bertz CT molecular complexity index is 1040. The van der Waals surface area contributed by atoms with Gasteiger partial charge in [-0.1, -0.05) is 0 Å². The number of anilines is 2. The van der Waals surface area contributed by atoms with Crippen LogP contribution in [0.4, 0.5) is 11.6 Å². The molecule has 1 atom stereocenters. The van der Waals surface area contributed by atoms with E-state index >= 15 is 0 Å². The maximum atomic E-state index is 5.48. The Kier molecular flexibility index (Phi) is 6.92. The van der Waals surface area contributed by atoms with Crippen LogP contribution in [0, 0.1) is 0 Å². The van der Waals surface area contributed by atoms with Crippen LogP contribution in [-0.2, 0) is 4.74 Å². The van der Waals surface area contributed by atoms with Gasteiger partial charge in [0.05, 0.1) is 32.6 Å². The van der Waals surface area contributed by atoms with E-state index < -0.39 is 0 Å². The molecule has 2 aromatic heterocycles. The molecule has 170 valence electrons. The molecule has 0 aliphatic carbocycles. The number of methoxy groups -OCH3 is 2. The van der Waals surface area contributed by atoms with E-state index in [1.165, 1.54) is 0 Å². The van der Waals surface area contributed by atoms with E-state index in [9.17, 15) is 0 Å². The minimum absolute atomic E-state index is 0.293. The third kappa shape index (κ3) is 5.20. The van der Waals surface area contributed by atoms with Gasteiger partial charge in [0, 0.05) is 48.3 Å². The van der Waals surface area contributed by atoms with Crippen LogP contribution < -0.4 is 20.1 Å². The van der Waals surface area contributed by atoms with Gasteiger partial charge in [0.1, 0.15) is 23.1 Å². The topological polar surface area (TPSA) is 80.8 Å². The van der Waals surface area contributed by atoms with Gasteiger partial charge in [-0.2, -0.15) is 0 Å². The minimum Gasteiger partial charge on any atom is -0.497 e. The summed E-state index contributed by atoms with van der Waals surface area (Å²) in [7, 11) is 7.41. The number of fused-ring (bicyclic) bond motifs is 1. The van der Waals surface area contributed by atoms with Crippen molar-refractivity contribution < 1.29 is 14.2 Å². The third-order valence-corrected chi connectivity index (χ3v) is 5.49. The molecule has 0 bridgehead atoms. The highest BCUT2D eigenvalue weighted by molar-refractivity contribution is 5.95. The fourth-order valence-corrected chi connectivity index (χ4v) is 3.72. The fourth-order valence-electron chi connectivity index (χ4n) is 3.72. The summed E-state index contributed by atoms with van der Waals surface area (Å²) in [6.45, 7) is 3.18. The molecule has 1 saturated heterocycles. The largest absolute Gasteiger partial charge is 0.497 e. The van der Waals surface area contributed by atoms with Crippen molar-refractivity contribution in [3.63, 3.8) is 0 Å². The first-order valence-electron chi connectivity index (χ1n) is 10.8. The average molecular weight is 438 g/mol. The Hall–Kier alpha value is -3.10. The Labute approximate surface area is 188 Å². The van der Waals surface area contributed by atoms with Crippen LogP contribution in [0.1, 0.15) is 6.42 Å². The normalized spacial score (nSPS) is 15.8. The van der Waals surface area contributed by atoms with E-state index in [0.29, 0.717) is 12.6 Å². The first-order chi connectivity index (χ1) is 15.6. The van der Waals surface area contributed by atoms with E-state index in [1.807, 2.05) is 24.4 Å². The van der Waals surface area contributed by atoms with Crippen LogP contribution in [-0.4, -0.2) is 75.5 Å². The molecular formula is C24H31N5O3. The van der Waals surface area contributed by atoms with E-state index in [4.69, 9.17) is 19.2 Å². The summed E-state index contributed by atoms with van der Waals surface area (Å²) >= 11 is 0. The molecule has 1 fully saturated rings. The van der Waals surface area contributed by atoms with Gasteiger partial charge in [0.2, 0.25) is 0 Å². The zero-order valence-electron chi connectivity index (χ0n) is 19.1. The maximum Gasteiger partial charge on any atom is 0.134 e. The van der Waals surface area contributed by atoms with Crippen LogP contribution >= 0.6 is 0 Å². The van der Waals surface area contributed by atoms with Crippen LogP contribution in [0.25, 0.3) is 22.0 Å². The number of hydrogen-bond acceptors (Lipinski definition) is 8. The molecule has 1 aliphatic heterocycles. The van der Waals surface area contributed by atoms with Crippen molar-refractivity contribution >= 4 is 22.4 Å². The molecular weight excluding hydrogens is 406 g/mol. The molecule has 0 saturated carbocycles. The second-order valence-corrected chi connectivity index (χ2v) is 8.18. The summed E-state index contributed by atoms with van der Waals surface area (Å²) in [5.41, 5.74) is 1.75. The van der Waals surface area contributed by atoms with Gasteiger partial charge in [0.25, 0.3) is 0 Å². The Morgan fingerprint density at radius 1 is 1.09 bits per heavy atom. The van der Waals surface area contributed by atoms with E-state index in [-0.39, 0.29) is 0 Å². The SMILES string of the molecule is COc1cc(OC)cc(-c2cc3cnc(NC4CCOC4)cc3c(NCCN(C)C)n2)c1. The number of pyridine rings is 2. The number of nitrogens with zero attached hydrogens (tertiary/aromatic N) is 3. The van der Waals surface area contributed by atoms with Gasteiger partial charge >= 0.3 is 0 Å². The van der Waals surface area contributed by atoms with Crippen molar-refractivity contribution in [2.75, 3.05) is 65.3 Å². The molecule has 0 spiro atoms. The molecule has 3 heterocycles.